The molecule has 1 N–H and O–H groups in total. The van der Waals surface area contributed by atoms with E-state index < -0.39 is 0 Å². The molecule has 0 amide bonds. The second-order valence-corrected chi connectivity index (χ2v) is 10.0. The Morgan fingerprint density at radius 2 is 2.03 bits per heavy atom. The Labute approximate surface area is 185 Å². The van der Waals surface area contributed by atoms with Gasteiger partial charge in [-0.15, -0.1) is 11.3 Å². The number of halogens is 1. The number of hydrogen-bond donors (Lipinski definition) is 1. The third kappa shape index (κ3) is 4.22. The Morgan fingerprint density at radius 1 is 1.17 bits per heavy atom. The maximum absolute atomic E-state index is 12.8. The Bertz CT molecular complexity index is 1090. The third-order valence-corrected chi connectivity index (χ3v) is 7.47. The van der Waals surface area contributed by atoms with E-state index in [0.29, 0.717) is 12.5 Å². The molecule has 1 saturated carbocycles. The number of rotatable bonds is 4. The highest BCUT2D eigenvalue weighted by Gasteiger charge is 2.24. The van der Waals surface area contributed by atoms with Crippen molar-refractivity contribution in [2.75, 3.05) is 6.54 Å². The number of H-pyrrole nitrogens is 1. The molecule has 0 bridgehead atoms. The first kappa shape index (κ1) is 19.9. The van der Waals surface area contributed by atoms with Crippen LogP contribution in [-0.4, -0.2) is 26.4 Å². The summed E-state index contributed by atoms with van der Waals surface area (Å²) in [7, 11) is 0. The minimum Gasteiger partial charge on any atom is -0.310 e. The largest absolute Gasteiger partial charge is 0.310 e. The number of aromatic amines is 1. The van der Waals surface area contributed by atoms with Crippen LogP contribution < -0.4 is 5.56 Å². The van der Waals surface area contributed by atoms with Gasteiger partial charge in [0.25, 0.3) is 5.56 Å². The summed E-state index contributed by atoms with van der Waals surface area (Å²) < 4.78 is 0.772. The van der Waals surface area contributed by atoms with Crippen molar-refractivity contribution < 1.29 is 0 Å². The molecular weight excluding hydrogens is 416 g/mol. The second kappa shape index (κ2) is 8.61. The second-order valence-electron chi connectivity index (χ2n) is 8.33. The van der Waals surface area contributed by atoms with Crippen LogP contribution in [0.1, 0.15) is 60.7 Å². The number of hydrogen-bond acceptors (Lipinski definition) is 5. The van der Waals surface area contributed by atoms with E-state index in [0.717, 1.165) is 69.9 Å². The number of pyridine rings is 1. The molecule has 4 heterocycles. The summed E-state index contributed by atoms with van der Waals surface area (Å²) in [4.78, 5) is 28.7. The zero-order valence-electron chi connectivity index (χ0n) is 16.9. The molecule has 1 aliphatic heterocycles. The molecule has 2 aliphatic rings. The molecule has 0 radical (unpaired) electrons. The average molecular weight is 441 g/mol. The third-order valence-electron chi connectivity index (χ3n) is 6.21. The first-order chi connectivity index (χ1) is 14.7. The molecule has 30 heavy (non-hydrogen) atoms. The van der Waals surface area contributed by atoms with Crippen LogP contribution in [0.4, 0.5) is 0 Å². The van der Waals surface area contributed by atoms with Crippen LogP contribution in [0, 0.1) is 0 Å². The first-order valence-corrected chi connectivity index (χ1v) is 11.9. The van der Waals surface area contributed by atoms with Crippen LogP contribution in [0.3, 0.4) is 0 Å². The van der Waals surface area contributed by atoms with Gasteiger partial charge in [0.2, 0.25) is 0 Å². The van der Waals surface area contributed by atoms with Crippen LogP contribution in [0.5, 0.6) is 0 Å². The Hall–Kier alpha value is -2.02. The quantitative estimate of drug-likeness (QED) is 0.609. The predicted molar refractivity (Wildman–Crippen MR) is 121 cm³/mol. The molecule has 0 saturated heterocycles. The first-order valence-electron chi connectivity index (χ1n) is 10.7. The Kier molecular flexibility index (Phi) is 5.72. The van der Waals surface area contributed by atoms with Crippen LogP contribution in [0.25, 0.3) is 10.6 Å². The lowest BCUT2D eigenvalue weighted by molar-refractivity contribution is 0.240. The fourth-order valence-electron chi connectivity index (χ4n) is 4.58. The molecule has 1 aliphatic carbocycles. The zero-order chi connectivity index (χ0) is 20.5. The van der Waals surface area contributed by atoms with Crippen molar-refractivity contribution in [3.05, 3.63) is 67.8 Å². The summed E-state index contributed by atoms with van der Waals surface area (Å²) >= 11 is 7.56. The monoisotopic (exact) mass is 440 g/mol. The van der Waals surface area contributed by atoms with E-state index >= 15 is 0 Å². The summed E-state index contributed by atoms with van der Waals surface area (Å²) in [6.07, 6.45) is 8.84. The van der Waals surface area contributed by atoms with Gasteiger partial charge in [0.1, 0.15) is 5.82 Å². The molecule has 5 rings (SSSR count). The highest BCUT2D eigenvalue weighted by atomic mass is 35.5. The number of fused-ring (bicyclic) bond motifs is 1. The van der Waals surface area contributed by atoms with Crippen LogP contribution in [0.2, 0.25) is 4.34 Å². The highest BCUT2D eigenvalue weighted by Crippen LogP contribution is 2.31. The molecule has 1 fully saturated rings. The van der Waals surface area contributed by atoms with E-state index in [1.807, 2.05) is 24.4 Å². The van der Waals surface area contributed by atoms with E-state index in [1.165, 1.54) is 30.6 Å². The number of nitrogens with one attached hydrogen (secondary N) is 1. The molecule has 3 aromatic rings. The molecule has 0 spiro atoms. The van der Waals surface area contributed by atoms with Gasteiger partial charge in [-0.25, -0.2) is 4.98 Å². The SMILES string of the molecule is O=c1[nH]c(C2CCCCC2)nc2c1CN(Cc1ccc(-c3ccc(Cl)s3)nc1)CC2. The normalized spacial score (nSPS) is 17.8. The van der Waals surface area contributed by atoms with Gasteiger partial charge in [0, 0.05) is 38.2 Å². The number of thiophene rings is 1. The Balaban J connectivity index is 1.28. The van der Waals surface area contributed by atoms with Crippen molar-refractivity contribution in [2.24, 2.45) is 0 Å². The van der Waals surface area contributed by atoms with Gasteiger partial charge in [0.05, 0.1) is 26.2 Å². The van der Waals surface area contributed by atoms with Crippen LogP contribution in [-0.2, 0) is 19.5 Å². The van der Waals surface area contributed by atoms with Gasteiger partial charge in [-0.2, -0.15) is 0 Å². The topological polar surface area (TPSA) is 61.9 Å². The average Bonchev–Trinajstić information content (AvgIpc) is 3.21. The number of aromatic nitrogens is 3. The van der Waals surface area contributed by atoms with E-state index in [2.05, 4.69) is 20.9 Å². The minimum atomic E-state index is 0.0494. The molecule has 0 aromatic carbocycles. The van der Waals surface area contributed by atoms with Crippen molar-refractivity contribution in [1.29, 1.82) is 0 Å². The smallest absolute Gasteiger partial charge is 0.255 e. The highest BCUT2D eigenvalue weighted by molar-refractivity contribution is 7.19. The molecule has 7 heteroatoms. The molecule has 0 atom stereocenters. The van der Waals surface area contributed by atoms with Crippen molar-refractivity contribution in [3.63, 3.8) is 0 Å². The summed E-state index contributed by atoms with van der Waals surface area (Å²) in [5.41, 5.74) is 3.97. The van der Waals surface area contributed by atoms with Crippen LogP contribution >= 0.6 is 22.9 Å². The van der Waals surface area contributed by atoms with Gasteiger partial charge < -0.3 is 4.98 Å². The van der Waals surface area contributed by atoms with Gasteiger partial charge in [-0.05, 0) is 36.6 Å². The van der Waals surface area contributed by atoms with E-state index in [1.54, 1.807) is 0 Å². The lowest BCUT2D eigenvalue weighted by Crippen LogP contribution is -2.36. The Morgan fingerprint density at radius 3 is 2.77 bits per heavy atom. The summed E-state index contributed by atoms with van der Waals surface area (Å²) in [5.74, 6) is 1.35. The summed E-state index contributed by atoms with van der Waals surface area (Å²) in [6, 6.07) is 8.05. The lowest BCUT2D eigenvalue weighted by Gasteiger charge is -2.28. The van der Waals surface area contributed by atoms with Gasteiger partial charge in [0.15, 0.2) is 0 Å². The molecular formula is C23H25ClN4OS. The lowest BCUT2D eigenvalue weighted by atomic mass is 9.88. The van der Waals surface area contributed by atoms with Crippen LogP contribution in [0.15, 0.2) is 35.3 Å². The van der Waals surface area contributed by atoms with E-state index in [4.69, 9.17) is 16.6 Å². The van der Waals surface area contributed by atoms with Crippen molar-refractivity contribution in [2.45, 2.75) is 57.5 Å². The minimum absolute atomic E-state index is 0.0494. The van der Waals surface area contributed by atoms with Gasteiger partial charge in [-0.3, -0.25) is 14.7 Å². The van der Waals surface area contributed by atoms with Gasteiger partial charge in [-0.1, -0.05) is 36.9 Å². The summed E-state index contributed by atoms with van der Waals surface area (Å²) in [5, 5.41) is 0. The molecule has 0 unspecified atom stereocenters. The van der Waals surface area contributed by atoms with Crippen molar-refractivity contribution in [1.82, 2.24) is 19.9 Å². The fourth-order valence-corrected chi connectivity index (χ4v) is 5.60. The molecule has 5 nitrogen and oxygen atoms in total. The zero-order valence-corrected chi connectivity index (χ0v) is 18.4. The predicted octanol–water partition coefficient (Wildman–Crippen LogP) is 5.15. The molecule has 3 aromatic heterocycles. The maximum atomic E-state index is 12.8. The van der Waals surface area contributed by atoms with E-state index in [-0.39, 0.29) is 5.56 Å². The standard InChI is InChI=1S/C23H25ClN4OS/c24-21-9-8-20(30-21)19-7-6-15(12-25-19)13-28-11-10-18-17(14-28)23(29)27-22(26-18)16-4-2-1-3-5-16/h6-9,12,16H,1-5,10-11,13-14H2,(H,26,27,29). The summed E-state index contributed by atoms with van der Waals surface area (Å²) in [6.45, 7) is 2.34. The van der Waals surface area contributed by atoms with Gasteiger partial charge >= 0.3 is 0 Å². The van der Waals surface area contributed by atoms with Crippen molar-refractivity contribution >= 4 is 22.9 Å². The maximum Gasteiger partial charge on any atom is 0.255 e. The number of nitrogens with zero attached hydrogens (tertiary/aromatic N) is 3. The van der Waals surface area contributed by atoms with Crippen molar-refractivity contribution in [3.8, 4) is 10.6 Å². The fraction of sp³-hybridized carbons (Fsp3) is 0.435. The van der Waals surface area contributed by atoms with E-state index in [9.17, 15) is 4.79 Å². The molecule has 156 valence electrons.